The summed E-state index contributed by atoms with van der Waals surface area (Å²) < 4.78 is 6.68. The van der Waals surface area contributed by atoms with Crippen LogP contribution in [0, 0.1) is 6.92 Å². The second-order valence-corrected chi connectivity index (χ2v) is 6.47. The maximum Gasteiger partial charge on any atom is 0.261 e. The van der Waals surface area contributed by atoms with Gasteiger partial charge in [0, 0.05) is 18.3 Å². The van der Waals surface area contributed by atoms with Gasteiger partial charge in [0.15, 0.2) is 6.61 Å². The van der Waals surface area contributed by atoms with Gasteiger partial charge in [-0.15, -0.1) is 0 Å². The van der Waals surface area contributed by atoms with E-state index < -0.39 is 0 Å². The number of aryl methyl sites for hydroxylation is 1. The molecule has 0 saturated carbocycles. The van der Waals surface area contributed by atoms with Gasteiger partial charge in [-0.2, -0.15) is 0 Å². The Morgan fingerprint density at radius 1 is 1.14 bits per heavy atom. The summed E-state index contributed by atoms with van der Waals surface area (Å²) >= 11 is 0. The molecule has 8 nitrogen and oxygen atoms in total. The van der Waals surface area contributed by atoms with Crippen LogP contribution in [0.25, 0.3) is 10.9 Å². The van der Waals surface area contributed by atoms with Crippen molar-refractivity contribution in [3.8, 4) is 5.75 Å². The highest BCUT2D eigenvalue weighted by atomic mass is 16.5. The summed E-state index contributed by atoms with van der Waals surface area (Å²) in [5.41, 5.74) is 1.76. The number of aromatic nitrogens is 2. The summed E-state index contributed by atoms with van der Waals surface area (Å²) in [5.74, 6) is -0.142. The van der Waals surface area contributed by atoms with Crippen LogP contribution in [0.3, 0.4) is 0 Å². The lowest BCUT2D eigenvalue weighted by Gasteiger charge is -2.10. The number of carbonyl (C=O) groups excluding carboxylic acids is 2. The maximum atomic E-state index is 12.6. The average Bonchev–Trinajstić information content (AvgIpc) is 2.69. The van der Waals surface area contributed by atoms with Gasteiger partial charge in [-0.25, -0.2) is 4.98 Å². The Hall–Kier alpha value is -3.68. The predicted molar refractivity (Wildman–Crippen MR) is 110 cm³/mol. The minimum Gasteiger partial charge on any atom is -0.484 e. The molecule has 0 bridgehead atoms. The zero-order chi connectivity index (χ0) is 20.8. The fourth-order valence-corrected chi connectivity index (χ4v) is 2.87. The Morgan fingerprint density at radius 2 is 1.93 bits per heavy atom. The van der Waals surface area contributed by atoms with Crippen LogP contribution >= 0.6 is 0 Å². The summed E-state index contributed by atoms with van der Waals surface area (Å²) in [6.07, 6.45) is 1.38. The highest BCUT2D eigenvalue weighted by Gasteiger charge is 2.10. The molecule has 2 N–H and O–H groups in total. The first-order valence-corrected chi connectivity index (χ1v) is 9.22. The molecule has 0 aliphatic carbocycles. The van der Waals surface area contributed by atoms with Crippen molar-refractivity contribution in [2.45, 2.75) is 20.4 Å². The van der Waals surface area contributed by atoms with E-state index in [0.717, 1.165) is 5.56 Å². The van der Waals surface area contributed by atoms with E-state index in [4.69, 9.17) is 4.74 Å². The van der Waals surface area contributed by atoms with E-state index in [1.165, 1.54) is 10.9 Å². The van der Waals surface area contributed by atoms with Crippen molar-refractivity contribution in [1.29, 1.82) is 0 Å². The normalized spacial score (nSPS) is 10.6. The van der Waals surface area contributed by atoms with Gasteiger partial charge in [0.2, 0.25) is 5.91 Å². The number of carbonyl (C=O) groups is 2. The van der Waals surface area contributed by atoms with Gasteiger partial charge < -0.3 is 15.4 Å². The van der Waals surface area contributed by atoms with Gasteiger partial charge >= 0.3 is 0 Å². The molecule has 3 rings (SSSR count). The summed E-state index contributed by atoms with van der Waals surface area (Å²) in [5, 5.41) is 5.84. The first kappa shape index (κ1) is 20.1. The number of ether oxygens (including phenoxy) is 1. The molecule has 1 aromatic heterocycles. The summed E-state index contributed by atoms with van der Waals surface area (Å²) in [7, 11) is 0. The van der Waals surface area contributed by atoms with Gasteiger partial charge in [-0.05, 0) is 37.6 Å². The molecule has 0 aliphatic rings. The molecule has 3 aromatic rings. The van der Waals surface area contributed by atoms with Crippen molar-refractivity contribution in [2.24, 2.45) is 0 Å². The Morgan fingerprint density at radius 3 is 2.72 bits per heavy atom. The molecule has 2 aromatic carbocycles. The number of nitrogens with zero attached hydrogens (tertiary/aromatic N) is 2. The number of anilines is 1. The molecule has 0 fully saturated rings. The first-order valence-electron chi connectivity index (χ1n) is 9.22. The second kappa shape index (κ2) is 9.01. The van der Waals surface area contributed by atoms with Crippen LogP contribution in [-0.2, 0) is 16.1 Å². The smallest absolute Gasteiger partial charge is 0.261 e. The quantitative estimate of drug-likeness (QED) is 0.637. The Balaban J connectivity index is 1.68. The lowest BCUT2D eigenvalue weighted by atomic mass is 10.1. The largest absolute Gasteiger partial charge is 0.484 e. The minimum atomic E-state index is -0.373. The van der Waals surface area contributed by atoms with Crippen LogP contribution in [-0.4, -0.2) is 34.5 Å². The fourth-order valence-electron chi connectivity index (χ4n) is 2.87. The molecule has 0 saturated heterocycles. The highest BCUT2D eigenvalue weighted by molar-refractivity contribution is 5.91. The standard InChI is InChI=1S/C21H22N4O4/c1-3-22-19(27)12-29-16-8-5-7-15(10-16)24-18(26)11-25-13-23-20-14(2)6-4-9-17(20)21(25)28/h4-10,13H,3,11-12H2,1-2H3,(H,22,27)(H,24,26). The number of hydrogen-bond donors (Lipinski definition) is 2. The number of hydrogen-bond acceptors (Lipinski definition) is 5. The van der Waals surface area contributed by atoms with E-state index in [0.29, 0.717) is 28.9 Å². The molecule has 150 valence electrons. The fraction of sp³-hybridized carbons (Fsp3) is 0.238. The van der Waals surface area contributed by atoms with Crippen molar-refractivity contribution in [3.63, 3.8) is 0 Å². The van der Waals surface area contributed by atoms with E-state index in [1.54, 1.807) is 36.4 Å². The number of para-hydroxylation sites is 1. The van der Waals surface area contributed by atoms with Crippen LogP contribution in [0.15, 0.2) is 53.6 Å². The number of likely N-dealkylation sites (N-methyl/N-ethyl adjacent to an activating group) is 1. The van der Waals surface area contributed by atoms with Gasteiger partial charge in [0.25, 0.3) is 11.5 Å². The number of benzene rings is 2. The molecule has 0 radical (unpaired) electrons. The van der Waals surface area contributed by atoms with Crippen molar-refractivity contribution in [2.75, 3.05) is 18.5 Å². The van der Waals surface area contributed by atoms with E-state index in [9.17, 15) is 14.4 Å². The van der Waals surface area contributed by atoms with Gasteiger partial charge in [-0.3, -0.25) is 19.0 Å². The Kier molecular flexibility index (Phi) is 6.23. The molecule has 8 heteroatoms. The SMILES string of the molecule is CCNC(=O)COc1cccc(NC(=O)Cn2cnc3c(C)cccc3c2=O)c1. The molecular weight excluding hydrogens is 372 g/mol. The monoisotopic (exact) mass is 394 g/mol. The van der Waals surface area contributed by atoms with Crippen LogP contribution in [0.1, 0.15) is 12.5 Å². The van der Waals surface area contributed by atoms with Gasteiger partial charge in [0.1, 0.15) is 12.3 Å². The third-order valence-corrected chi connectivity index (χ3v) is 4.23. The van der Waals surface area contributed by atoms with Crippen LogP contribution < -0.4 is 20.9 Å². The molecular formula is C21H22N4O4. The van der Waals surface area contributed by atoms with Gasteiger partial charge in [-0.1, -0.05) is 18.2 Å². The third kappa shape index (κ3) is 4.98. The number of nitrogens with one attached hydrogen (secondary N) is 2. The summed E-state index contributed by atoms with van der Waals surface area (Å²) in [4.78, 5) is 40.8. The van der Waals surface area contributed by atoms with E-state index in [1.807, 2.05) is 19.9 Å². The Labute approximate surface area is 167 Å². The molecule has 1 heterocycles. The zero-order valence-corrected chi connectivity index (χ0v) is 16.3. The molecule has 0 spiro atoms. The van der Waals surface area contributed by atoms with Crippen molar-refractivity contribution >= 4 is 28.4 Å². The van der Waals surface area contributed by atoms with Crippen molar-refractivity contribution in [1.82, 2.24) is 14.9 Å². The molecule has 0 atom stereocenters. The zero-order valence-electron chi connectivity index (χ0n) is 16.3. The molecule has 0 aliphatic heterocycles. The first-order chi connectivity index (χ1) is 14.0. The molecule has 0 unspecified atom stereocenters. The molecule has 2 amide bonds. The Bertz CT molecular complexity index is 1110. The highest BCUT2D eigenvalue weighted by Crippen LogP contribution is 2.17. The topological polar surface area (TPSA) is 102 Å². The predicted octanol–water partition coefficient (Wildman–Crippen LogP) is 1.86. The van der Waals surface area contributed by atoms with E-state index in [-0.39, 0.29) is 30.5 Å². The van der Waals surface area contributed by atoms with Crippen molar-refractivity contribution in [3.05, 3.63) is 64.7 Å². The summed E-state index contributed by atoms with van der Waals surface area (Å²) in [6, 6.07) is 12.1. The number of amides is 2. The van der Waals surface area contributed by atoms with Crippen LogP contribution in [0.5, 0.6) is 5.75 Å². The van der Waals surface area contributed by atoms with E-state index in [2.05, 4.69) is 15.6 Å². The maximum absolute atomic E-state index is 12.6. The minimum absolute atomic E-state index is 0.108. The second-order valence-electron chi connectivity index (χ2n) is 6.47. The van der Waals surface area contributed by atoms with Crippen LogP contribution in [0.4, 0.5) is 5.69 Å². The van der Waals surface area contributed by atoms with E-state index >= 15 is 0 Å². The number of fused-ring (bicyclic) bond motifs is 1. The lowest BCUT2D eigenvalue weighted by Crippen LogP contribution is -2.28. The third-order valence-electron chi connectivity index (χ3n) is 4.23. The molecule has 29 heavy (non-hydrogen) atoms. The van der Waals surface area contributed by atoms with Crippen LogP contribution in [0.2, 0.25) is 0 Å². The lowest BCUT2D eigenvalue weighted by molar-refractivity contribution is -0.123. The van der Waals surface area contributed by atoms with Gasteiger partial charge in [0.05, 0.1) is 17.2 Å². The number of rotatable bonds is 7. The average molecular weight is 394 g/mol. The summed E-state index contributed by atoms with van der Waals surface area (Å²) in [6.45, 7) is 3.96. The van der Waals surface area contributed by atoms with Crippen molar-refractivity contribution < 1.29 is 14.3 Å².